The summed E-state index contributed by atoms with van der Waals surface area (Å²) >= 11 is 1.54. The van der Waals surface area contributed by atoms with E-state index < -0.39 is 0 Å². The van der Waals surface area contributed by atoms with Crippen molar-refractivity contribution >= 4 is 33.9 Å². The van der Waals surface area contributed by atoms with Gasteiger partial charge in [0.15, 0.2) is 5.13 Å². The molecule has 0 aliphatic carbocycles. The SMILES string of the molecule is CNC(=O)c1ccc(N2CC=C(Cc3cc(Nc4nccs4)ncn3)CC2)c(C)n1. The lowest BCUT2D eigenvalue weighted by Crippen LogP contribution is -2.30. The van der Waals surface area contributed by atoms with E-state index in [2.05, 4.69) is 41.5 Å². The molecular formula is C21H23N7OS. The van der Waals surface area contributed by atoms with Gasteiger partial charge in [0.2, 0.25) is 0 Å². The summed E-state index contributed by atoms with van der Waals surface area (Å²) in [5.41, 5.74) is 4.71. The lowest BCUT2D eigenvalue weighted by atomic mass is 10.0. The topological polar surface area (TPSA) is 95.9 Å². The second kappa shape index (κ2) is 9.00. The normalized spacial score (nSPS) is 13.7. The van der Waals surface area contributed by atoms with Gasteiger partial charge in [0.25, 0.3) is 5.91 Å². The van der Waals surface area contributed by atoms with Gasteiger partial charge in [-0.15, -0.1) is 11.3 Å². The standard InChI is InChI=1S/C21H23N7OS/c1-14-18(4-3-17(26-14)20(29)22-2)28-8-5-15(6-9-28)11-16-12-19(25-13-24-16)27-21-23-7-10-30-21/h3-5,7,10,12-13H,6,8-9,11H2,1-2H3,(H,22,29)(H,23,24,25,27). The highest BCUT2D eigenvalue weighted by Crippen LogP contribution is 2.24. The summed E-state index contributed by atoms with van der Waals surface area (Å²) < 4.78 is 0. The number of rotatable bonds is 6. The van der Waals surface area contributed by atoms with Gasteiger partial charge in [-0.2, -0.15) is 0 Å². The molecule has 0 aromatic carbocycles. The number of nitrogens with zero attached hydrogens (tertiary/aromatic N) is 5. The Morgan fingerprint density at radius 1 is 1.27 bits per heavy atom. The lowest BCUT2D eigenvalue weighted by Gasteiger charge is -2.29. The molecule has 0 saturated carbocycles. The van der Waals surface area contributed by atoms with Crippen molar-refractivity contribution in [2.24, 2.45) is 0 Å². The molecule has 0 saturated heterocycles. The summed E-state index contributed by atoms with van der Waals surface area (Å²) in [5.74, 6) is 0.588. The van der Waals surface area contributed by atoms with Crippen molar-refractivity contribution in [1.82, 2.24) is 25.3 Å². The zero-order valence-corrected chi connectivity index (χ0v) is 17.7. The van der Waals surface area contributed by atoms with Crippen LogP contribution in [-0.2, 0) is 6.42 Å². The van der Waals surface area contributed by atoms with Crippen LogP contribution in [0.5, 0.6) is 0 Å². The molecule has 4 heterocycles. The Hall–Kier alpha value is -3.33. The number of hydrogen-bond acceptors (Lipinski definition) is 8. The quantitative estimate of drug-likeness (QED) is 0.590. The van der Waals surface area contributed by atoms with E-state index in [0.717, 1.165) is 54.0 Å². The first-order valence-electron chi connectivity index (χ1n) is 9.72. The predicted molar refractivity (Wildman–Crippen MR) is 118 cm³/mol. The van der Waals surface area contributed by atoms with Gasteiger partial charge in [-0.1, -0.05) is 11.6 Å². The summed E-state index contributed by atoms with van der Waals surface area (Å²) in [6.45, 7) is 3.66. The Kier molecular flexibility index (Phi) is 5.99. The van der Waals surface area contributed by atoms with Crippen molar-refractivity contribution in [3.8, 4) is 0 Å². The highest BCUT2D eigenvalue weighted by molar-refractivity contribution is 7.13. The lowest BCUT2D eigenvalue weighted by molar-refractivity contribution is 0.0958. The zero-order chi connectivity index (χ0) is 20.9. The van der Waals surface area contributed by atoms with E-state index in [1.165, 1.54) is 16.9 Å². The molecule has 1 amide bonds. The number of amides is 1. The maximum atomic E-state index is 11.8. The van der Waals surface area contributed by atoms with Gasteiger partial charge in [0.1, 0.15) is 17.8 Å². The average molecular weight is 422 g/mol. The minimum absolute atomic E-state index is 0.168. The van der Waals surface area contributed by atoms with E-state index >= 15 is 0 Å². The molecule has 3 aromatic rings. The van der Waals surface area contributed by atoms with Gasteiger partial charge in [0, 0.05) is 49.9 Å². The smallest absolute Gasteiger partial charge is 0.269 e. The van der Waals surface area contributed by atoms with Gasteiger partial charge in [-0.25, -0.2) is 19.9 Å². The van der Waals surface area contributed by atoms with E-state index in [-0.39, 0.29) is 5.91 Å². The molecule has 8 nitrogen and oxygen atoms in total. The summed E-state index contributed by atoms with van der Waals surface area (Å²) in [6, 6.07) is 5.73. The molecule has 2 N–H and O–H groups in total. The number of thiazole rings is 1. The Bertz CT molecular complexity index is 1060. The monoisotopic (exact) mass is 421 g/mol. The molecule has 0 unspecified atom stereocenters. The highest BCUT2D eigenvalue weighted by atomic mass is 32.1. The highest BCUT2D eigenvalue weighted by Gasteiger charge is 2.17. The first-order chi connectivity index (χ1) is 14.6. The molecule has 4 rings (SSSR count). The summed E-state index contributed by atoms with van der Waals surface area (Å²) in [7, 11) is 1.61. The Labute approximate surface area is 179 Å². The van der Waals surface area contributed by atoms with E-state index in [1.807, 2.05) is 24.4 Å². The number of anilines is 3. The average Bonchev–Trinajstić information content (AvgIpc) is 3.27. The fourth-order valence-corrected chi connectivity index (χ4v) is 3.96. The van der Waals surface area contributed by atoms with E-state index in [0.29, 0.717) is 5.69 Å². The van der Waals surface area contributed by atoms with Crippen molar-refractivity contribution in [3.05, 3.63) is 64.8 Å². The molecule has 1 aliphatic rings. The molecule has 0 bridgehead atoms. The third-order valence-corrected chi connectivity index (χ3v) is 5.65. The molecule has 30 heavy (non-hydrogen) atoms. The fourth-order valence-electron chi connectivity index (χ4n) is 3.42. The molecule has 154 valence electrons. The van der Waals surface area contributed by atoms with Crippen LogP contribution in [0.3, 0.4) is 0 Å². The van der Waals surface area contributed by atoms with Crippen LogP contribution < -0.4 is 15.5 Å². The number of aryl methyl sites for hydroxylation is 1. The summed E-state index contributed by atoms with van der Waals surface area (Å²) in [6.07, 6.45) is 7.36. The molecule has 3 aromatic heterocycles. The van der Waals surface area contributed by atoms with Crippen LogP contribution in [0.2, 0.25) is 0 Å². The van der Waals surface area contributed by atoms with Crippen LogP contribution in [0, 0.1) is 6.92 Å². The van der Waals surface area contributed by atoms with Gasteiger partial charge in [0.05, 0.1) is 11.4 Å². The summed E-state index contributed by atoms with van der Waals surface area (Å²) in [5, 5.41) is 8.56. The minimum atomic E-state index is -0.168. The third-order valence-electron chi connectivity index (χ3n) is 4.96. The maximum absolute atomic E-state index is 11.8. The number of pyridine rings is 1. The van der Waals surface area contributed by atoms with Gasteiger partial charge >= 0.3 is 0 Å². The van der Waals surface area contributed by atoms with Crippen LogP contribution in [-0.4, -0.2) is 46.0 Å². The number of hydrogen-bond donors (Lipinski definition) is 2. The van der Waals surface area contributed by atoms with Crippen LogP contribution in [0.15, 0.2) is 47.8 Å². The van der Waals surface area contributed by atoms with Crippen molar-refractivity contribution in [2.45, 2.75) is 19.8 Å². The number of aromatic nitrogens is 4. The van der Waals surface area contributed by atoms with Crippen LogP contribution in [0.4, 0.5) is 16.6 Å². The second-order valence-corrected chi connectivity index (χ2v) is 7.87. The second-order valence-electron chi connectivity index (χ2n) is 6.97. The Morgan fingerprint density at radius 3 is 2.87 bits per heavy atom. The van der Waals surface area contributed by atoms with Crippen molar-refractivity contribution in [3.63, 3.8) is 0 Å². The molecule has 1 aliphatic heterocycles. The first-order valence-corrected chi connectivity index (χ1v) is 10.6. The molecule has 0 fully saturated rings. The van der Waals surface area contributed by atoms with Crippen molar-refractivity contribution < 1.29 is 4.79 Å². The molecule has 9 heteroatoms. The van der Waals surface area contributed by atoms with Crippen LogP contribution >= 0.6 is 11.3 Å². The maximum Gasteiger partial charge on any atom is 0.269 e. The number of carbonyl (C=O) groups excluding carboxylic acids is 1. The first kappa shape index (κ1) is 20.0. The molecule has 0 atom stereocenters. The van der Waals surface area contributed by atoms with E-state index in [1.54, 1.807) is 25.6 Å². The Morgan fingerprint density at radius 2 is 2.17 bits per heavy atom. The molecule has 0 spiro atoms. The fraction of sp³-hybridized carbons (Fsp3) is 0.286. The van der Waals surface area contributed by atoms with Crippen molar-refractivity contribution in [1.29, 1.82) is 0 Å². The van der Waals surface area contributed by atoms with E-state index in [9.17, 15) is 4.79 Å². The zero-order valence-electron chi connectivity index (χ0n) is 16.9. The van der Waals surface area contributed by atoms with Crippen LogP contribution in [0.1, 0.15) is 28.3 Å². The van der Waals surface area contributed by atoms with Crippen molar-refractivity contribution in [2.75, 3.05) is 30.4 Å². The largest absolute Gasteiger partial charge is 0.366 e. The number of nitrogens with one attached hydrogen (secondary N) is 2. The Balaban J connectivity index is 1.40. The molecule has 0 radical (unpaired) electrons. The minimum Gasteiger partial charge on any atom is -0.366 e. The molecular weight excluding hydrogens is 398 g/mol. The number of carbonyl (C=O) groups is 1. The third kappa shape index (κ3) is 4.62. The predicted octanol–water partition coefficient (Wildman–Crippen LogP) is 3.12. The van der Waals surface area contributed by atoms with Gasteiger partial charge in [-0.05, 0) is 25.5 Å². The van der Waals surface area contributed by atoms with Gasteiger partial charge < -0.3 is 15.5 Å². The summed E-state index contributed by atoms with van der Waals surface area (Å²) in [4.78, 5) is 31.4. The van der Waals surface area contributed by atoms with Crippen LogP contribution in [0.25, 0.3) is 0 Å². The van der Waals surface area contributed by atoms with Gasteiger partial charge in [-0.3, -0.25) is 4.79 Å². The van der Waals surface area contributed by atoms with E-state index in [4.69, 9.17) is 0 Å².